The fraction of sp³-hybridized carbons (Fsp3) is 0.412. The first-order valence-electron chi connectivity index (χ1n) is 8.03. The number of aromatic nitrogens is 2. The summed E-state index contributed by atoms with van der Waals surface area (Å²) < 4.78 is 27.2. The first kappa shape index (κ1) is 19.1. The third-order valence-corrected chi connectivity index (χ3v) is 5.25. The van der Waals surface area contributed by atoms with Crippen LogP contribution in [0.1, 0.15) is 16.8 Å². The van der Waals surface area contributed by atoms with Crippen LogP contribution in [0, 0.1) is 20.8 Å². The van der Waals surface area contributed by atoms with Gasteiger partial charge in [-0.2, -0.15) is 4.98 Å². The lowest BCUT2D eigenvalue weighted by molar-refractivity contribution is 0.582. The minimum atomic E-state index is -3.52. The molecule has 0 aliphatic rings. The van der Waals surface area contributed by atoms with Crippen molar-refractivity contribution in [2.75, 3.05) is 37.4 Å². The topological polar surface area (TPSA) is 87.2 Å². The van der Waals surface area contributed by atoms with Gasteiger partial charge in [0, 0.05) is 38.9 Å². The van der Waals surface area contributed by atoms with E-state index in [1.165, 1.54) is 0 Å². The van der Waals surface area contributed by atoms with Crippen molar-refractivity contribution in [3.63, 3.8) is 0 Å². The zero-order chi connectivity index (χ0) is 18.6. The molecule has 0 saturated heterocycles. The summed E-state index contributed by atoms with van der Waals surface area (Å²) in [7, 11) is 0.289. The summed E-state index contributed by atoms with van der Waals surface area (Å²) in [6, 6.07) is 6.99. The first-order valence-corrected chi connectivity index (χ1v) is 9.51. The van der Waals surface area contributed by atoms with Crippen LogP contribution in [0.4, 0.5) is 11.8 Å². The molecule has 0 unspecified atom stereocenters. The summed E-state index contributed by atoms with van der Waals surface area (Å²) in [4.78, 5) is 10.8. The predicted octanol–water partition coefficient (Wildman–Crippen LogP) is 1.86. The lowest BCUT2D eigenvalue weighted by Gasteiger charge is -2.14. The Kier molecular flexibility index (Phi) is 5.97. The molecular formula is C17H25N5O2S. The van der Waals surface area contributed by atoms with Gasteiger partial charge in [-0.1, -0.05) is 6.07 Å². The van der Waals surface area contributed by atoms with Gasteiger partial charge >= 0.3 is 0 Å². The molecule has 25 heavy (non-hydrogen) atoms. The van der Waals surface area contributed by atoms with Crippen molar-refractivity contribution in [2.24, 2.45) is 0 Å². The van der Waals surface area contributed by atoms with Crippen LogP contribution in [-0.4, -0.2) is 45.6 Å². The van der Waals surface area contributed by atoms with E-state index in [2.05, 4.69) is 20.0 Å². The summed E-state index contributed by atoms with van der Waals surface area (Å²) >= 11 is 0. The molecule has 0 fully saturated rings. The van der Waals surface area contributed by atoms with Crippen LogP contribution in [0.2, 0.25) is 0 Å². The third-order valence-electron chi connectivity index (χ3n) is 3.79. The molecule has 2 aromatic rings. The molecule has 1 heterocycles. The van der Waals surface area contributed by atoms with Gasteiger partial charge in [-0.3, -0.25) is 0 Å². The number of aryl methyl sites for hydroxylation is 3. The van der Waals surface area contributed by atoms with Gasteiger partial charge in [0.15, 0.2) is 0 Å². The molecule has 0 spiro atoms. The summed E-state index contributed by atoms with van der Waals surface area (Å²) in [6.45, 7) is 6.37. The maximum atomic E-state index is 12.3. The van der Waals surface area contributed by atoms with Gasteiger partial charge < -0.3 is 10.2 Å². The van der Waals surface area contributed by atoms with Gasteiger partial charge in [0.25, 0.3) is 0 Å². The predicted molar refractivity (Wildman–Crippen MR) is 101 cm³/mol. The van der Waals surface area contributed by atoms with Crippen molar-refractivity contribution in [2.45, 2.75) is 25.7 Å². The second kappa shape index (κ2) is 7.79. The molecule has 1 aromatic carbocycles. The van der Waals surface area contributed by atoms with Crippen molar-refractivity contribution < 1.29 is 8.42 Å². The smallest absolute Gasteiger partial charge is 0.240 e. The Hall–Kier alpha value is -2.19. The second-order valence-corrected chi connectivity index (χ2v) is 7.92. The normalized spacial score (nSPS) is 11.4. The van der Waals surface area contributed by atoms with Gasteiger partial charge in [-0.25, -0.2) is 18.1 Å². The van der Waals surface area contributed by atoms with Crippen LogP contribution in [0.3, 0.4) is 0 Å². The van der Waals surface area contributed by atoms with Crippen LogP contribution < -0.4 is 14.9 Å². The first-order chi connectivity index (χ1) is 11.7. The Labute approximate surface area is 149 Å². The van der Waals surface area contributed by atoms with E-state index >= 15 is 0 Å². The molecule has 7 nitrogen and oxygen atoms in total. The van der Waals surface area contributed by atoms with E-state index in [4.69, 9.17) is 0 Å². The third kappa shape index (κ3) is 5.14. The molecule has 0 amide bonds. The van der Waals surface area contributed by atoms with E-state index in [9.17, 15) is 8.42 Å². The monoisotopic (exact) mass is 363 g/mol. The van der Waals surface area contributed by atoms with Crippen LogP contribution in [0.5, 0.6) is 0 Å². The van der Waals surface area contributed by atoms with Crippen LogP contribution in [0.15, 0.2) is 29.2 Å². The summed E-state index contributed by atoms with van der Waals surface area (Å²) in [5, 5.41) is 3.05. The number of nitrogens with one attached hydrogen (secondary N) is 2. The highest BCUT2D eigenvalue weighted by atomic mass is 32.2. The van der Waals surface area contributed by atoms with Gasteiger partial charge in [0.2, 0.25) is 16.0 Å². The summed E-state index contributed by atoms with van der Waals surface area (Å²) in [5.74, 6) is 1.28. The standard InChI is InChI=1S/C17H25N5O2S/c1-12-6-7-15(10-13(12)2)25(23,24)19-9-8-18-17-20-14(3)11-16(21-17)22(4)5/h6-7,10-11,19H,8-9H2,1-5H3,(H,18,20,21). The molecule has 0 bridgehead atoms. The molecule has 0 radical (unpaired) electrons. The second-order valence-electron chi connectivity index (χ2n) is 6.16. The summed E-state index contributed by atoms with van der Waals surface area (Å²) in [5.41, 5.74) is 2.86. The average molecular weight is 363 g/mol. The van der Waals surface area contributed by atoms with Gasteiger partial charge in [-0.15, -0.1) is 0 Å². The number of anilines is 2. The molecule has 2 rings (SSSR count). The SMILES string of the molecule is Cc1cc(N(C)C)nc(NCCNS(=O)(=O)c2ccc(C)c(C)c2)n1. The minimum absolute atomic E-state index is 0.240. The van der Waals surface area contributed by atoms with E-state index in [0.717, 1.165) is 22.6 Å². The Morgan fingerprint density at radius 2 is 1.72 bits per heavy atom. The number of hydrogen-bond acceptors (Lipinski definition) is 6. The number of nitrogens with zero attached hydrogens (tertiary/aromatic N) is 3. The van der Waals surface area contributed by atoms with Crippen molar-refractivity contribution in [1.82, 2.24) is 14.7 Å². The quantitative estimate of drug-likeness (QED) is 0.730. The highest BCUT2D eigenvalue weighted by Crippen LogP contribution is 2.14. The molecule has 0 aliphatic heterocycles. The van der Waals surface area contributed by atoms with Crippen molar-refractivity contribution in [3.8, 4) is 0 Å². The number of sulfonamides is 1. The lowest BCUT2D eigenvalue weighted by atomic mass is 10.1. The van der Waals surface area contributed by atoms with E-state index in [1.54, 1.807) is 12.1 Å². The zero-order valence-electron chi connectivity index (χ0n) is 15.3. The largest absolute Gasteiger partial charge is 0.363 e. The molecule has 0 aliphatic carbocycles. The van der Waals surface area contributed by atoms with Crippen molar-refractivity contribution in [3.05, 3.63) is 41.1 Å². The fourth-order valence-corrected chi connectivity index (χ4v) is 3.30. The fourth-order valence-electron chi connectivity index (χ4n) is 2.18. The van der Waals surface area contributed by atoms with Crippen molar-refractivity contribution in [1.29, 1.82) is 0 Å². The molecule has 0 atom stereocenters. The molecule has 136 valence electrons. The Balaban J connectivity index is 1.95. The lowest BCUT2D eigenvalue weighted by Crippen LogP contribution is -2.29. The van der Waals surface area contributed by atoms with Crippen LogP contribution in [0.25, 0.3) is 0 Å². The van der Waals surface area contributed by atoms with Gasteiger partial charge in [-0.05, 0) is 44.0 Å². The van der Waals surface area contributed by atoms with Gasteiger partial charge in [0.05, 0.1) is 4.90 Å². The maximum absolute atomic E-state index is 12.3. The van der Waals surface area contributed by atoms with Crippen LogP contribution >= 0.6 is 0 Å². The average Bonchev–Trinajstić information content (AvgIpc) is 2.53. The number of hydrogen-bond donors (Lipinski definition) is 2. The Bertz CT molecular complexity index is 850. The van der Waals surface area contributed by atoms with Crippen LogP contribution in [-0.2, 0) is 10.0 Å². The van der Waals surface area contributed by atoms with E-state index in [1.807, 2.05) is 51.9 Å². The van der Waals surface area contributed by atoms with E-state index in [0.29, 0.717) is 12.5 Å². The van der Waals surface area contributed by atoms with Gasteiger partial charge in [0.1, 0.15) is 5.82 Å². The maximum Gasteiger partial charge on any atom is 0.240 e. The molecular weight excluding hydrogens is 338 g/mol. The zero-order valence-corrected chi connectivity index (χ0v) is 16.1. The molecule has 0 saturated carbocycles. The number of rotatable bonds is 7. The Morgan fingerprint density at radius 1 is 1.00 bits per heavy atom. The number of benzene rings is 1. The highest BCUT2D eigenvalue weighted by Gasteiger charge is 2.14. The van der Waals surface area contributed by atoms with Crippen molar-refractivity contribution >= 4 is 21.8 Å². The Morgan fingerprint density at radius 3 is 2.36 bits per heavy atom. The summed E-state index contributed by atoms with van der Waals surface area (Å²) in [6.07, 6.45) is 0. The van der Waals surface area contributed by atoms with E-state index < -0.39 is 10.0 Å². The van der Waals surface area contributed by atoms with E-state index in [-0.39, 0.29) is 11.4 Å². The molecule has 2 N–H and O–H groups in total. The minimum Gasteiger partial charge on any atom is -0.363 e. The highest BCUT2D eigenvalue weighted by molar-refractivity contribution is 7.89. The molecule has 1 aromatic heterocycles. The molecule has 8 heteroatoms.